The number of piperazine rings is 1. The summed E-state index contributed by atoms with van der Waals surface area (Å²) in [7, 11) is 2.24. The van der Waals surface area contributed by atoms with Crippen LogP contribution < -0.4 is 0 Å². The molecule has 0 N–H and O–H groups in total. The van der Waals surface area contributed by atoms with Crippen LogP contribution in [0.4, 0.5) is 0 Å². The van der Waals surface area contributed by atoms with Crippen LogP contribution in [0.5, 0.6) is 0 Å². The van der Waals surface area contributed by atoms with Crippen molar-refractivity contribution in [1.29, 1.82) is 0 Å². The number of likely N-dealkylation sites (tertiary alicyclic amines) is 1. The third-order valence-electron chi connectivity index (χ3n) is 5.35. The molecule has 2 rings (SSSR count). The maximum atomic E-state index is 2.74. The molecule has 3 nitrogen and oxygen atoms in total. The van der Waals surface area contributed by atoms with Gasteiger partial charge in [-0.1, -0.05) is 34.6 Å². The lowest BCUT2D eigenvalue weighted by Gasteiger charge is -2.49. The standard InChI is InChI=1S/C15H31N3.2C2H6/c1-5-17-8-6-14(7-9-17)15(2,3)18-12-10-16(4)11-13-18;2*1-2/h14H,5-13H2,1-4H3;2*1-2H3. The van der Waals surface area contributed by atoms with Gasteiger partial charge in [0.15, 0.2) is 0 Å². The number of nitrogens with zero attached hydrogens (tertiary/aromatic N) is 3. The molecular weight excluding hydrogens is 270 g/mol. The Morgan fingerprint density at radius 3 is 1.68 bits per heavy atom. The highest BCUT2D eigenvalue weighted by molar-refractivity contribution is 4.93. The lowest BCUT2D eigenvalue weighted by Crippen LogP contribution is -2.58. The zero-order valence-electron chi connectivity index (χ0n) is 16.8. The van der Waals surface area contributed by atoms with E-state index in [1.807, 2.05) is 27.7 Å². The Labute approximate surface area is 141 Å². The lowest BCUT2D eigenvalue weighted by atomic mass is 9.78. The average molecular weight is 314 g/mol. The highest BCUT2D eigenvalue weighted by atomic mass is 15.3. The fourth-order valence-electron chi connectivity index (χ4n) is 3.60. The summed E-state index contributed by atoms with van der Waals surface area (Å²) in [4.78, 5) is 7.78. The van der Waals surface area contributed by atoms with E-state index in [1.165, 1.54) is 58.7 Å². The molecule has 0 bridgehead atoms. The van der Waals surface area contributed by atoms with E-state index in [0.29, 0.717) is 5.54 Å². The van der Waals surface area contributed by atoms with E-state index >= 15 is 0 Å². The minimum absolute atomic E-state index is 0.390. The molecule has 0 saturated carbocycles. The molecular formula is C19H43N3. The van der Waals surface area contributed by atoms with Gasteiger partial charge < -0.3 is 9.80 Å². The molecule has 0 aliphatic carbocycles. The summed E-state index contributed by atoms with van der Waals surface area (Å²) in [5.74, 6) is 0.878. The lowest BCUT2D eigenvalue weighted by molar-refractivity contribution is 0.000117. The Kier molecular flexibility index (Phi) is 11.4. The third kappa shape index (κ3) is 6.17. The molecule has 0 atom stereocenters. The fraction of sp³-hybridized carbons (Fsp3) is 1.00. The SMILES string of the molecule is CC.CC.CCN1CCC(C(C)(C)N2CCN(C)CC2)CC1. The molecule has 2 fully saturated rings. The van der Waals surface area contributed by atoms with Crippen molar-refractivity contribution in [2.24, 2.45) is 5.92 Å². The zero-order chi connectivity index (χ0) is 17.2. The Morgan fingerprint density at radius 2 is 1.27 bits per heavy atom. The summed E-state index contributed by atoms with van der Waals surface area (Å²) >= 11 is 0. The molecule has 2 heterocycles. The van der Waals surface area contributed by atoms with Gasteiger partial charge in [-0.25, -0.2) is 0 Å². The second-order valence-corrected chi connectivity index (χ2v) is 6.65. The molecule has 2 aliphatic rings. The third-order valence-corrected chi connectivity index (χ3v) is 5.35. The molecule has 3 heteroatoms. The normalized spacial score (nSPS) is 22.4. The van der Waals surface area contributed by atoms with Gasteiger partial charge in [0.1, 0.15) is 0 Å². The zero-order valence-corrected chi connectivity index (χ0v) is 16.8. The first-order valence-electron chi connectivity index (χ1n) is 9.70. The maximum Gasteiger partial charge on any atom is 0.0183 e. The second kappa shape index (κ2) is 11.4. The van der Waals surface area contributed by atoms with Crippen molar-refractivity contribution in [2.75, 3.05) is 52.9 Å². The van der Waals surface area contributed by atoms with Crippen LogP contribution in [0.1, 0.15) is 61.3 Å². The Hall–Kier alpha value is -0.120. The van der Waals surface area contributed by atoms with Crippen LogP contribution in [-0.2, 0) is 0 Å². The van der Waals surface area contributed by atoms with E-state index in [9.17, 15) is 0 Å². The van der Waals surface area contributed by atoms with Gasteiger partial charge in [0, 0.05) is 31.7 Å². The summed E-state index contributed by atoms with van der Waals surface area (Å²) in [6.45, 7) is 24.0. The van der Waals surface area contributed by atoms with Crippen molar-refractivity contribution < 1.29 is 0 Å². The van der Waals surface area contributed by atoms with Gasteiger partial charge in [-0.3, -0.25) is 4.90 Å². The summed E-state index contributed by atoms with van der Waals surface area (Å²) in [5, 5.41) is 0. The van der Waals surface area contributed by atoms with Crippen LogP contribution in [0.3, 0.4) is 0 Å². The van der Waals surface area contributed by atoms with E-state index in [1.54, 1.807) is 0 Å². The van der Waals surface area contributed by atoms with Gasteiger partial charge in [-0.05, 0) is 59.3 Å². The highest BCUT2D eigenvalue weighted by Gasteiger charge is 2.37. The summed E-state index contributed by atoms with van der Waals surface area (Å²) in [5.41, 5.74) is 0.390. The number of rotatable bonds is 3. The number of hydrogen-bond acceptors (Lipinski definition) is 3. The van der Waals surface area contributed by atoms with Crippen molar-refractivity contribution in [1.82, 2.24) is 14.7 Å². The largest absolute Gasteiger partial charge is 0.304 e. The van der Waals surface area contributed by atoms with Crippen LogP contribution in [0.2, 0.25) is 0 Å². The summed E-state index contributed by atoms with van der Waals surface area (Å²) in [6, 6.07) is 0. The first kappa shape index (κ1) is 21.9. The van der Waals surface area contributed by atoms with Crippen LogP contribution in [-0.4, -0.2) is 73.1 Å². The Bertz CT molecular complexity index is 249. The molecule has 0 amide bonds. The Morgan fingerprint density at radius 1 is 0.818 bits per heavy atom. The van der Waals surface area contributed by atoms with Gasteiger partial charge in [-0.15, -0.1) is 0 Å². The first-order valence-corrected chi connectivity index (χ1v) is 9.70. The molecule has 0 unspecified atom stereocenters. The first-order chi connectivity index (χ1) is 10.5. The highest BCUT2D eigenvalue weighted by Crippen LogP contribution is 2.33. The van der Waals surface area contributed by atoms with Crippen LogP contribution in [0.15, 0.2) is 0 Å². The van der Waals surface area contributed by atoms with Crippen molar-refractivity contribution in [2.45, 2.75) is 66.8 Å². The molecule has 0 radical (unpaired) electrons. The summed E-state index contributed by atoms with van der Waals surface area (Å²) < 4.78 is 0. The monoisotopic (exact) mass is 313 g/mol. The second-order valence-electron chi connectivity index (χ2n) is 6.65. The van der Waals surface area contributed by atoms with Crippen LogP contribution in [0, 0.1) is 5.92 Å². The van der Waals surface area contributed by atoms with Crippen LogP contribution >= 0.6 is 0 Å². The van der Waals surface area contributed by atoms with Crippen LogP contribution in [0.25, 0.3) is 0 Å². The predicted molar refractivity (Wildman–Crippen MR) is 101 cm³/mol. The number of piperidine rings is 1. The maximum absolute atomic E-state index is 2.74. The summed E-state index contributed by atoms with van der Waals surface area (Å²) in [6.07, 6.45) is 2.76. The topological polar surface area (TPSA) is 9.72 Å². The van der Waals surface area contributed by atoms with Gasteiger partial charge in [-0.2, -0.15) is 0 Å². The quantitative estimate of drug-likeness (QED) is 0.785. The van der Waals surface area contributed by atoms with Crippen molar-refractivity contribution in [3.63, 3.8) is 0 Å². The molecule has 0 aromatic carbocycles. The minimum atomic E-state index is 0.390. The van der Waals surface area contributed by atoms with E-state index in [0.717, 1.165) is 5.92 Å². The van der Waals surface area contributed by atoms with Gasteiger partial charge in [0.2, 0.25) is 0 Å². The Balaban J connectivity index is 0.00000102. The molecule has 2 saturated heterocycles. The molecule has 0 aromatic heterocycles. The van der Waals surface area contributed by atoms with Gasteiger partial charge in [0.25, 0.3) is 0 Å². The molecule has 2 aliphatic heterocycles. The fourth-order valence-corrected chi connectivity index (χ4v) is 3.60. The van der Waals surface area contributed by atoms with E-state index in [-0.39, 0.29) is 0 Å². The van der Waals surface area contributed by atoms with E-state index < -0.39 is 0 Å². The van der Waals surface area contributed by atoms with Crippen molar-refractivity contribution >= 4 is 0 Å². The van der Waals surface area contributed by atoms with Gasteiger partial charge >= 0.3 is 0 Å². The van der Waals surface area contributed by atoms with E-state index in [2.05, 4.69) is 42.5 Å². The number of likely N-dealkylation sites (N-methyl/N-ethyl adjacent to an activating group) is 1. The molecule has 134 valence electrons. The molecule has 22 heavy (non-hydrogen) atoms. The van der Waals surface area contributed by atoms with Gasteiger partial charge in [0.05, 0.1) is 0 Å². The van der Waals surface area contributed by atoms with E-state index in [4.69, 9.17) is 0 Å². The van der Waals surface area contributed by atoms with Crippen molar-refractivity contribution in [3.05, 3.63) is 0 Å². The average Bonchev–Trinajstić information content (AvgIpc) is 2.59. The minimum Gasteiger partial charge on any atom is -0.304 e. The molecule has 0 aromatic rings. The number of hydrogen-bond donors (Lipinski definition) is 0. The predicted octanol–water partition coefficient (Wildman–Crippen LogP) is 3.80. The van der Waals surface area contributed by atoms with Crippen molar-refractivity contribution in [3.8, 4) is 0 Å². The smallest absolute Gasteiger partial charge is 0.0183 e. The molecule has 0 spiro atoms.